The van der Waals surface area contributed by atoms with E-state index < -0.39 is 0 Å². The van der Waals surface area contributed by atoms with Crippen molar-refractivity contribution in [1.82, 2.24) is 4.90 Å². The van der Waals surface area contributed by atoms with Crippen molar-refractivity contribution in [2.45, 2.75) is 44.8 Å². The fourth-order valence-electron chi connectivity index (χ4n) is 3.45. The van der Waals surface area contributed by atoms with Crippen molar-refractivity contribution >= 4 is 17.3 Å². The van der Waals surface area contributed by atoms with Gasteiger partial charge in [0, 0.05) is 12.6 Å². The van der Waals surface area contributed by atoms with Crippen LogP contribution >= 0.6 is 0 Å². The van der Waals surface area contributed by atoms with Crippen LogP contribution in [0.15, 0.2) is 24.3 Å². The molecule has 0 radical (unpaired) electrons. The Bertz CT molecular complexity index is 555. The van der Waals surface area contributed by atoms with Gasteiger partial charge in [0.25, 0.3) is 5.91 Å². The molecule has 0 unspecified atom stereocenters. The number of hydrogen-bond donors (Lipinski definition) is 2. The molecule has 2 fully saturated rings. The first-order chi connectivity index (χ1) is 11.6. The molecule has 0 bridgehead atoms. The molecule has 5 nitrogen and oxygen atoms in total. The molecule has 0 aliphatic carbocycles. The number of nitrogens with zero attached hydrogens (tertiary/aromatic N) is 1. The lowest BCUT2D eigenvalue weighted by atomic mass is 9.97. The Balaban J connectivity index is 1.62. The molecule has 0 aromatic heterocycles. The summed E-state index contributed by atoms with van der Waals surface area (Å²) in [7, 11) is 2.16. The first-order valence-corrected chi connectivity index (χ1v) is 9.08. The lowest BCUT2D eigenvalue weighted by molar-refractivity contribution is -0.131. The molecule has 1 amide bonds. The van der Waals surface area contributed by atoms with E-state index in [0.29, 0.717) is 18.6 Å². The van der Waals surface area contributed by atoms with Gasteiger partial charge >= 0.3 is 0 Å². The Morgan fingerprint density at radius 1 is 1.17 bits per heavy atom. The van der Waals surface area contributed by atoms with Crippen molar-refractivity contribution in [2.75, 3.05) is 37.4 Å². The normalized spacial score (nSPS) is 26.1. The van der Waals surface area contributed by atoms with E-state index >= 15 is 0 Å². The predicted octanol–water partition coefficient (Wildman–Crippen LogP) is 2.95. The van der Waals surface area contributed by atoms with E-state index in [9.17, 15) is 4.79 Å². The van der Waals surface area contributed by atoms with E-state index in [2.05, 4.69) is 29.5 Å². The predicted molar refractivity (Wildman–Crippen MR) is 97.4 cm³/mol. The van der Waals surface area contributed by atoms with Crippen LogP contribution in [0.5, 0.6) is 0 Å². The second kappa shape index (κ2) is 7.99. The topological polar surface area (TPSA) is 53.6 Å². The number of likely N-dealkylation sites (tertiary alicyclic amines) is 1. The average Bonchev–Trinajstić information content (AvgIpc) is 2.58. The fourth-order valence-corrected chi connectivity index (χ4v) is 3.45. The smallest absolute Gasteiger partial charge is 0.253 e. The minimum Gasteiger partial charge on any atom is -0.381 e. The van der Waals surface area contributed by atoms with Gasteiger partial charge in [0.2, 0.25) is 0 Å². The van der Waals surface area contributed by atoms with Gasteiger partial charge in [-0.15, -0.1) is 0 Å². The third-order valence-electron chi connectivity index (χ3n) is 5.10. The third-order valence-corrected chi connectivity index (χ3v) is 5.10. The van der Waals surface area contributed by atoms with Gasteiger partial charge in [0.1, 0.15) is 6.10 Å². The molecule has 3 rings (SSSR count). The Hall–Kier alpha value is -1.59. The summed E-state index contributed by atoms with van der Waals surface area (Å²) < 4.78 is 5.65. The summed E-state index contributed by atoms with van der Waals surface area (Å²) in [5.74, 6) is 0.515. The summed E-state index contributed by atoms with van der Waals surface area (Å²) in [4.78, 5) is 14.9. The number of amides is 1. The van der Waals surface area contributed by atoms with Crippen LogP contribution in [-0.2, 0) is 9.53 Å². The van der Waals surface area contributed by atoms with Crippen molar-refractivity contribution in [3.8, 4) is 0 Å². The number of para-hydroxylation sites is 2. The van der Waals surface area contributed by atoms with Crippen LogP contribution in [0.1, 0.15) is 32.6 Å². The highest BCUT2D eigenvalue weighted by molar-refractivity contribution is 5.97. The summed E-state index contributed by atoms with van der Waals surface area (Å²) in [6.07, 6.45) is 3.77. The lowest BCUT2D eigenvalue weighted by Crippen LogP contribution is -2.37. The van der Waals surface area contributed by atoms with E-state index in [-0.39, 0.29) is 12.0 Å². The number of piperidine rings is 1. The average molecular weight is 331 g/mol. The van der Waals surface area contributed by atoms with E-state index in [0.717, 1.165) is 50.1 Å². The van der Waals surface area contributed by atoms with Crippen molar-refractivity contribution < 1.29 is 9.53 Å². The molecule has 2 N–H and O–H groups in total. The molecule has 5 heteroatoms. The first kappa shape index (κ1) is 17.2. The molecule has 24 heavy (non-hydrogen) atoms. The molecule has 132 valence electrons. The van der Waals surface area contributed by atoms with E-state index in [1.807, 2.05) is 24.3 Å². The summed E-state index contributed by atoms with van der Waals surface area (Å²) in [6, 6.07) is 8.43. The number of ether oxygens (including phenoxy) is 1. The maximum Gasteiger partial charge on any atom is 0.253 e. The molecule has 2 saturated heterocycles. The molecule has 2 aliphatic rings. The van der Waals surface area contributed by atoms with Gasteiger partial charge in [-0.2, -0.15) is 0 Å². The standard InChI is InChI=1S/C19H29N3O2/c1-14-9-12-24-18(13-14)19(23)21-17-6-4-3-5-16(17)20-15-7-10-22(2)11-8-15/h3-6,14-15,18,20H,7-13H2,1-2H3,(H,21,23)/t14-,18-/m0/s1. The van der Waals surface area contributed by atoms with Crippen molar-refractivity contribution in [2.24, 2.45) is 5.92 Å². The largest absolute Gasteiger partial charge is 0.381 e. The molecule has 2 aliphatic heterocycles. The van der Waals surface area contributed by atoms with Crippen molar-refractivity contribution in [3.63, 3.8) is 0 Å². The molecular formula is C19H29N3O2. The van der Waals surface area contributed by atoms with Gasteiger partial charge in [0.15, 0.2) is 0 Å². The number of anilines is 2. The van der Waals surface area contributed by atoms with E-state index in [1.165, 1.54) is 0 Å². The molecular weight excluding hydrogens is 302 g/mol. The molecule has 0 saturated carbocycles. The highest BCUT2D eigenvalue weighted by Gasteiger charge is 2.26. The monoisotopic (exact) mass is 331 g/mol. The van der Waals surface area contributed by atoms with Crippen LogP contribution in [0.25, 0.3) is 0 Å². The second-order valence-corrected chi connectivity index (χ2v) is 7.25. The molecule has 1 aromatic carbocycles. The number of nitrogens with one attached hydrogen (secondary N) is 2. The maximum atomic E-state index is 12.5. The van der Waals surface area contributed by atoms with Gasteiger partial charge in [-0.1, -0.05) is 19.1 Å². The Morgan fingerprint density at radius 2 is 1.88 bits per heavy atom. The number of carbonyl (C=O) groups is 1. The minimum absolute atomic E-state index is 0.0285. The van der Waals surface area contributed by atoms with E-state index in [1.54, 1.807) is 0 Å². The van der Waals surface area contributed by atoms with Crippen LogP contribution in [0, 0.1) is 5.92 Å². The van der Waals surface area contributed by atoms with Gasteiger partial charge in [-0.3, -0.25) is 4.79 Å². The van der Waals surface area contributed by atoms with E-state index in [4.69, 9.17) is 4.74 Å². The zero-order valence-corrected chi connectivity index (χ0v) is 14.8. The van der Waals surface area contributed by atoms with Crippen LogP contribution in [0.2, 0.25) is 0 Å². The van der Waals surface area contributed by atoms with Crippen LogP contribution in [0.3, 0.4) is 0 Å². The van der Waals surface area contributed by atoms with Crippen LogP contribution < -0.4 is 10.6 Å². The molecule has 2 atom stereocenters. The Kier molecular flexibility index (Phi) is 5.74. The quantitative estimate of drug-likeness (QED) is 0.891. The van der Waals surface area contributed by atoms with Crippen molar-refractivity contribution in [3.05, 3.63) is 24.3 Å². The maximum absolute atomic E-state index is 12.5. The summed E-state index contributed by atoms with van der Waals surface area (Å²) in [5.41, 5.74) is 1.85. The summed E-state index contributed by atoms with van der Waals surface area (Å²) >= 11 is 0. The minimum atomic E-state index is -0.329. The zero-order chi connectivity index (χ0) is 16.9. The number of hydrogen-bond acceptors (Lipinski definition) is 4. The third kappa shape index (κ3) is 4.48. The SMILES string of the molecule is C[C@H]1CCO[C@H](C(=O)Nc2ccccc2NC2CCN(C)CC2)C1. The molecule has 1 aromatic rings. The number of rotatable bonds is 4. The number of carbonyl (C=O) groups excluding carboxylic acids is 1. The molecule has 0 spiro atoms. The zero-order valence-electron chi connectivity index (χ0n) is 14.8. The van der Waals surface area contributed by atoms with Crippen LogP contribution in [-0.4, -0.2) is 49.7 Å². The van der Waals surface area contributed by atoms with Crippen molar-refractivity contribution in [1.29, 1.82) is 0 Å². The molecule has 2 heterocycles. The number of benzene rings is 1. The Labute approximate surface area is 144 Å². The summed E-state index contributed by atoms with van der Waals surface area (Å²) in [6.45, 7) is 5.08. The van der Waals surface area contributed by atoms with Gasteiger partial charge in [-0.25, -0.2) is 0 Å². The Morgan fingerprint density at radius 3 is 2.58 bits per heavy atom. The first-order valence-electron chi connectivity index (χ1n) is 9.08. The highest BCUT2D eigenvalue weighted by Crippen LogP contribution is 2.26. The second-order valence-electron chi connectivity index (χ2n) is 7.25. The highest BCUT2D eigenvalue weighted by atomic mass is 16.5. The van der Waals surface area contributed by atoms with Crippen LogP contribution in [0.4, 0.5) is 11.4 Å². The lowest BCUT2D eigenvalue weighted by Gasteiger charge is -2.31. The van der Waals surface area contributed by atoms with Gasteiger partial charge in [0.05, 0.1) is 11.4 Å². The summed E-state index contributed by atoms with van der Waals surface area (Å²) in [5, 5.41) is 6.67. The van der Waals surface area contributed by atoms with Gasteiger partial charge in [-0.05, 0) is 63.9 Å². The fraction of sp³-hybridized carbons (Fsp3) is 0.632. The van der Waals surface area contributed by atoms with Gasteiger partial charge < -0.3 is 20.3 Å².